The second kappa shape index (κ2) is 9.24. The number of hydrogen-bond acceptors (Lipinski definition) is 6. The molecule has 0 bridgehead atoms. The van der Waals surface area contributed by atoms with Crippen LogP contribution in [0.2, 0.25) is 5.02 Å². The first-order valence-electron chi connectivity index (χ1n) is 8.82. The van der Waals surface area contributed by atoms with Gasteiger partial charge in [0.15, 0.2) is 11.5 Å². The lowest BCUT2D eigenvalue weighted by Gasteiger charge is -2.14. The lowest BCUT2D eigenvalue weighted by Crippen LogP contribution is -2.17. The van der Waals surface area contributed by atoms with E-state index in [-0.39, 0.29) is 6.61 Å². The van der Waals surface area contributed by atoms with Crippen molar-refractivity contribution in [1.82, 2.24) is 5.32 Å². The topological polar surface area (TPSA) is 73.9 Å². The van der Waals surface area contributed by atoms with Crippen molar-refractivity contribution in [2.75, 3.05) is 20.3 Å². The van der Waals surface area contributed by atoms with Crippen molar-refractivity contribution in [2.45, 2.75) is 13.8 Å². The van der Waals surface area contributed by atoms with Gasteiger partial charge < -0.3 is 14.2 Å². The monoisotopic (exact) mass is 433 g/mol. The zero-order chi connectivity index (χ0) is 21.0. The molecule has 6 nitrogen and oxygen atoms in total. The minimum atomic E-state index is -0.432. The maximum atomic E-state index is 11.7. The van der Waals surface area contributed by atoms with E-state index in [1.807, 2.05) is 26.0 Å². The van der Waals surface area contributed by atoms with Crippen LogP contribution in [0.25, 0.3) is 6.08 Å². The number of ether oxygens (including phenoxy) is 3. The third-order valence-electron chi connectivity index (χ3n) is 3.99. The van der Waals surface area contributed by atoms with E-state index in [9.17, 15) is 9.59 Å². The second-order valence-electron chi connectivity index (χ2n) is 6.41. The van der Waals surface area contributed by atoms with E-state index >= 15 is 0 Å². The third kappa shape index (κ3) is 5.46. The number of aryl methyl sites for hydroxylation is 2. The third-order valence-corrected chi connectivity index (χ3v) is 5.08. The van der Waals surface area contributed by atoms with Crippen molar-refractivity contribution in [3.63, 3.8) is 0 Å². The minimum absolute atomic E-state index is 0.274. The number of hydrogen-bond donors (Lipinski definition) is 1. The molecule has 0 atom stereocenters. The van der Waals surface area contributed by atoms with E-state index < -0.39 is 11.1 Å². The molecule has 29 heavy (non-hydrogen) atoms. The molecule has 2 aromatic rings. The van der Waals surface area contributed by atoms with Crippen molar-refractivity contribution in [2.24, 2.45) is 0 Å². The highest BCUT2D eigenvalue weighted by Gasteiger charge is 2.25. The summed E-state index contributed by atoms with van der Waals surface area (Å²) in [5.74, 6) is 1.16. The fourth-order valence-corrected chi connectivity index (χ4v) is 3.81. The van der Waals surface area contributed by atoms with Gasteiger partial charge in [0.05, 0.1) is 17.0 Å². The van der Waals surface area contributed by atoms with Crippen LogP contribution in [-0.2, 0) is 4.79 Å². The Labute approximate surface area is 178 Å². The molecule has 1 aliphatic heterocycles. The summed E-state index contributed by atoms with van der Waals surface area (Å²) in [5, 5.41) is 2.14. The van der Waals surface area contributed by atoms with Gasteiger partial charge in [0, 0.05) is 0 Å². The molecule has 0 aromatic heterocycles. The van der Waals surface area contributed by atoms with E-state index in [1.54, 1.807) is 18.2 Å². The van der Waals surface area contributed by atoms with Crippen molar-refractivity contribution in [3.8, 4) is 17.2 Å². The number of benzene rings is 2. The van der Waals surface area contributed by atoms with Gasteiger partial charge in [-0.15, -0.1) is 0 Å². The average Bonchev–Trinajstić information content (AvgIpc) is 2.95. The SMILES string of the molecule is COc1cc(/C=C2\SC(=O)NC2=O)cc(Cl)c1OCCOc1cc(C)cc(C)c1. The number of rotatable bonds is 7. The quantitative estimate of drug-likeness (QED) is 0.502. The predicted octanol–water partition coefficient (Wildman–Crippen LogP) is 4.75. The van der Waals surface area contributed by atoms with Gasteiger partial charge in [-0.1, -0.05) is 17.7 Å². The number of halogens is 1. The largest absolute Gasteiger partial charge is 0.493 e. The first kappa shape index (κ1) is 21.1. The molecule has 0 saturated carbocycles. The number of amides is 2. The fourth-order valence-electron chi connectivity index (χ4n) is 2.86. The van der Waals surface area contributed by atoms with Crippen LogP contribution in [0.15, 0.2) is 35.2 Å². The molecule has 2 aromatic carbocycles. The summed E-state index contributed by atoms with van der Waals surface area (Å²) in [5.41, 5.74) is 2.88. The maximum Gasteiger partial charge on any atom is 0.290 e. The molecular formula is C21H20ClNO5S. The van der Waals surface area contributed by atoms with Crippen LogP contribution in [0.1, 0.15) is 16.7 Å². The van der Waals surface area contributed by atoms with Crippen molar-refractivity contribution < 1.29 is 23.8 Å². The van der Waals surface area contributed by atoms with E-state index in [4.69, 9.17) is 25.8 Å². The zero-order valence-corrected chi connectivity index (χ0v) is 17.8. The molecule has 0 spiro atoms. The molecule has 3 rings (SSSR count). The molecule has 8 heteroatoms. The standard InChI is InChI=1S/C21H20ClNO5S/c1-12-6-13(2)8-15(7-12)27-4-5-28-19-16(22)9-14(10-17(19)26-3)11-18-20(24)23-21(25)29-18/h6-11H,4-5H2,1-3H3,(H,23,24,25)/b18-11-. The Morgan fingerprint density at radius 2 is 1.72 bits per heavy atom. The summed E-state index contributed by atoms with van der Waals surface area (Å²) in [4.78, 5) is 23.3. The molecule has 152 valence electrons. The Morgan fingerprint density at radius 1 is 1.03 bits per heavy atom. The highest BCUT2D eigenvalue weighted by atomic mass is 35.5. The van der Waals surface area contributed by atoms with Crippen LogP contribution in [0.3, 0.4) is 0 Å². The summed E-state index contributed by atoms with van der Waals surface area (Å²) in [6.07, 6.45) is 1.58. The van der Waals surface area contributed by atoms with E-state index in [0.29, 0.717) is 33.6 Å². The van der Waals surface area contributed by atoms with Crippen molar-refractivity contribution in [3.05, 3.63) is 56.9 Å². The Bertz CT molecular complexity index is 969. The highest BCUT2D eigenvalue weighted by molar-refractivity contribution is 8.18. The highest BCUT2D eigenvalue weighted by Crippen LogP contribution is 2.38. The number of nitrogens with one attached hydrogen (secondary N) is 1. The first-order chi connectivity index (χ1) is 13.9. The van der Waals surface area contributed by atoms with Gasteiger partial charge in [0.1, 0.15) is 19.0 Å². The van der Waals surface area contributed by atoms with Gasteiger partial charge in [0.2, 0.25) is 0 Å². The summed E-state index contributed by atoms with van der Waals surface area (Å²) in [6, 6.07) is 9.34. The molecule has 2 amide bonds. The second-order valence-corrected chi connectivity index (χ2v) is 7.83. The van der Waals surface area contributed by atoms with Crippen LogP contribution in [0.5, 0.6) is 17.2 Å². The van der Waals surface area contributed by atoms with E-state index in [1.165, 1.54) is 7.11 Å². The number of imide groups is 1. The van der Waals surface area contributed by atoms with Crippen LogP contribution >= 0.6 is 23.4 Å². The van der Waals surface area contributed by atoms with Crippen LogP contribution < -0.4 is 19.5 Å². The van der Waals surface area contributed by atoms with Gasteiger partial charge in [-0.3, -0.25) is 14.9 Å². The normalized spacial score (nSPS) is 14.8. The number of thioether (sulfide) groups is 1. The smallest absolute Gasteiger partial charge is 0.290 e. The van der Waals surface area contributed by atoms with Gasteiger partial charge in [-0.2, -0.15) is 0 Å². The molecule has 1 fully saturated rings. The molecule has 1 heterocycles. The molecule has 0 aliphatic carbocycles. The van der Waals surface area contributed by atoms with Gasteiger partial charge in [-0.25, -0.2) is 0 Å². The molecule has 0 unspecified atom stereocenters. The molecule has 1 N–H and O–H groups in total. The first-order valence-corrected chi connectivity index (χ1v) is 10.0. The minimum Gasteiger partial charge on any atom is -0.493 e. The predicted molar refractivity (Wildman–Crippen MR) is 114 cm³/mol. The maximum absolute atomic E-state index is 11.7. The molecule has 0 radical (unpaired) electrons. The average molecular weight is 434 g/mol. The van der Waals surface area contributed by atoms with Gasteiger partial charge in [0.25, 0.3) is 11.1 Å². The van der Waals surface area contributed by atoms with Gasteiger partial charge >= 0.3 is 0 Å². The summed E-state index contributed by atoms with van der Waals surface area (Å²) in [6.45, 7) is 4.65. The molecular weight excluding hydrogens is 414 g/mol. The lowest BCUT2D eigenvalue weighted by molar-refractivity contribution is -0.115. The van der Waals surface area contributed by atoms with Crippen molar-refractivity contribution >= 4 is 40.6 Å². The Kier molecular flexibility index (Phi) is 6.71. The molecule has 1 aliphatic rings. The summed E-state index contributed by atoms with van der Waals surface area (Å²) < 4.78 is 16.9. The van der Waals surface area contributed by atoms with E-state index in [0.717, 1.165) is 28.6 Å². The Morgan fingerprint density at radius 3 is 2.34 bits per heavy atom. The Hall–Kier alpha value is -2.64. The van der Waals surface area contributed by atoms with Crippen molar-refractivity contribution in [1.29, 1.82) is 0 Å². The molecule has 1 saturated heterocycles. The van der Waals surface area contributed by atoms with Crippen LogP contribution in [0.4, 0.5) is 4.79 Å². The van der Waals surface area contributed by atoms with Crippen LogP contribution in [0, 0.1) is 13.8 Å². The number of carbonyl (C=O) groups excluding carboxylic acids is 2. The van der Waals surface area contributed by atoms with Crippen LogP contribution in [-0.4, -0.2) is 31.5 Å². The Balaban J connectivity index is 1.67. The fraction of sp³-hybridized carbons (Fsp3) is 0.238. The van der Waals surface area contributed by atoms with E-state index in [2.05, 4.69) is 11.4 Å². The zero-order valence-electron chi connectivity index (χ0n) is 16.2. The lowest BCUT2D eigenvalue weighted by atomic mass is 10.1. The summed E-state index contributed by atoms with van der Waals surface area (Å²) >= 11 is 7.19. The number of carbonyl (C=O) groups is 2. The number of methoxy groups -OCH3 is 1. The van der Waals surface area contributed by atoms with Gasteiger partial charge in [-0.05, 0) is 72.6 Å². The summed E-state index contributed by atoms with van der Waals surface area (Å²) in [7, 11) is 1.50.